The Balaban J connectivity index is 1.73. The molecule has 0 saturated heterocycles. The Morgan fingerprint density at radius 3 is 2.41 bits per heavy atom. The number of carbonyl (C=O) groups excluding carboxylic acids is 4. The highest BCUT2D eigenvalue weighted by atomic mass is 16.5. The van der Waals surface area contributed by atoms with Gasteiger partial charge in [-0.2, -0.15) is 5.26 Å². The molecule has 2 aromatic carbocycles. The third kappa shape index (κ3) is 5.03. The first-order valence-electron chi connectivity index (χ1n) is 15.3. The molecule has 2 aromatic rings. The monoisotopic (exact) mass is 674 g/mol. The zero-order valence-electron chi connectivity index (χ0n) is 27.4. The minimum atomic E-state index is -2.76. The number of fused-ring (bicyclic) bond motifs is 3. The summed E-state index contributed by atoms with van der Waals surface area (Å²) in [5, 5.41) is 47.9. The molecule has 3 aliphatic rings. The van der Waals surface area contributed by atoms with E-state index in [9.17, 15) is 39.8 Å². The van der Waals surface area contributed by atoms with Crippen LogP contribution in [0.3, 0.4) is 0 Å². The number of nitrogens with two attached hydrogens (primary N) is 3. The number of hydrogen-bond donors (Lipinski definition) is 7. The lowest BCUT2D eigenvalue weighted by Gasteiger charge is -2.58. The number of benzene rings is 2. The van der Waals surface area contributed by atoms with E-state index in [-0.39, 0.29) is 31.7 Å². The lowest BCUT2D eigenvalue weighted by molar-refractivity contribution is -0.142. The molecular formula is C34H38N6O9. The Morgan fingerprint density at radius 2 is 1.82 bits per heavy atom. The molecule has 1 saturated carbocycles. The summed E-state index contributed by atoms with van der Waals surface area (Å²) in [5.41, 5.74) is 13.0. The molecule has 4 atom stereocenters. The second kappa shape index (κ2) is 12.3. The molecule has 0 unspecified atom stereocenters. The highest BCUT2D eigenvalue weighted by Gasteiger charge is 2.74. The number of ether oxygens (including phenoxy) is 2. The zero-order chi connectivity index (χ0) is 36.2. The van der Waals surface area contributed by atoms with Gasteiger partial charge >= 0.3 is 5.97 Å². The van der Waals surface area contributed by atoms with Crippen LogP contribution in [0.2, 0.25) is 0 Å². The van der Waals surface area contributed by atoms with Gasteiger partial charge in [0.2, 0.25) is 0 Å². The molecule has 15 nitrogen and oxygen atoms in total. The average Bonchev–Trinajstić information content (AvgIpc) is 3.00. The van der Waals surface area contributed by atoms with Crippen molar-refractivity contribution < 1.29 is 44.0 Å². The first kappa shape index (κ1) is 35.0. The summed E-state index contributed by atoms with van der Waals surface area (Å²) < 4.78 is 10.6. The van der Waals surface area contributed by atoms with Crippen LogP contribution < -0.4 is 27.3 Å². The molecule has 0 heterocycles. The van der Waals surface area contributed by atoms with Crippen molar-refractivity contribution in [1.29, 1.82) is 5.26 Å². The Kier molecular flexibility index (Phi) is 8.81. The quantitative estimate of drug-likeness (QED) is 0.139. The molecule has 1 fully saturated rings. The number of carbonyl (C=O) groups is 4. The number of esters is 1. The van der Waals surface area contributed by atoms with Crippen LogP contribution in [0.15, 0.2) is 47.2 Å². The van der Waals surface area contributed by atoms with Crippen LogP contribution in [0.4, 0.5) is 0 Å². The summed E-state index contributed by atoms with van der Waals surface area (Å²) in [7, 11) is 4.36. The fraction of sp³-hybridized carbons (Fsp3) is 0.382. The number of primary amides is 1. The van der Waals surface area contributed by atoms with E-state index in [1.807, 2.05) is 0 Å². The van der Waals surface area contributed by atoms with Crippen LogP contribution in [0.5, 0.6) is 11.5 Å². The van der Waals surface area contributed by atoms with Crippen molar-refractivity contribution in [2.45, 2.75) is 43.4 Å². The fourth-order valence-electron chi connectivity index (χ4n) is 7.68. The topological polar surface area (TPSA) is 265 Å². The van der Waals surface area contributed by atoms with Gasteiger partial charge in [0, 0.05) is 12.1 Å². The van der Waals surface area contributed by atoms with Gasteiger partial charge in [-0.05, 0) is 68.8 Å². The molecule has 1 amide bonds. The maximum atomic E-state index is 14.6. The molecule has 0 radical (unpaired) electrons. The highest BCUT2D eigenvalue weighted by molar-refractivity contribution is 6.25. The van der Waals surface area contributed by atoms with Crippen molar-refractivity contribution in [3.05, 3.63) is 63.9 Å². The number of aromatic hydroxyl groups is 1. The van der Waals surface area contributed by atoms with E-state index in [0.717, 1.165) is 5.56 Å². The Hall–Kier alpha value is -5.27. The van der Waals surface area contributed by atoms with Gasteiger partial charge in [0.05, 0.1) is 54.6 Å². The van der Waals surface area contributed by atoms with Crippen LogP contribution in [0, 0.1) is 16.7 Å². The molecule has 10 N–H and O–H groups in total. The molecule has 0 aromatic heterocycles. The van der Waals surface area contributed by atoms with Gasteiger partial charge in [0.15, 0.2) is 17.0 Å². The summed E-state index contributed by atoms with van der Waals surface area (Å²) in [6.45, 7) is 2.20. The lowest BCUT2D eigenvalue weighted by Crippen LogP contribution is -2.80. The first-order chi connectivity index (χ1) is 23.0. The maximum Gasteiger partial charge on any atom is 0.319 e. The number of rotatable bonds is 9. The van der Waals surface area contributed by atoms with Crippen molar-refractivity contribution in [2.24, 2.45) is 22.6 Å². The first-order valence-corrected chi connectivity index (χ1v) is 15.3. The van der Waals surface area contributed by atoms with E-state index in [4.69, 9.17) is 26.7 Å². The van der Waals surface area contributed by atoms with Crippen molar-refractivity contribution in [3.63, 3.8) is 0 Å². The SMILES string of the molecule is CCOC(=O)CNCc1ccc(OC)c(-c2ccc(O)c3c2C[C@@]2(N)C[C@@]4(N)[C@H](N(C)C)C(=O)C(C(N)=O)=C(O)[C@@]4(C#N)C(=O)C2=C3O)c1. The van der Waals surface area contributed by atoms with E-state index in [1.165, 1.54) is 32.2 Å². The lowest BCUT2D eigenvalue weighted by atomic mass is 9.47. The van der Waals surface area contributed by atoms with Gasteiger partial charge in [-0.3, -0.25) is 24.1 Å². The van der Waals surface area contributed by atoms with E-state index >= 15 is 0 Å². The second-order valence-corrected chi connectivity index (χ2v) is 12.7. The van der Waals surface area contributed by atoms with Crippen molar-refractivity contribution in [3.8, 4) is 28.7 Å². The fourth-order valence-corrected chi connectivity index (χ4v) is 7.68. The second-order valence-electron chi connectivity index (χ2n) is 12.7. The van der Waals surface area contributed by atoms with Crippen molar-refractivity contribution >= 4 is 29.2 Å². The Bertz CT molecular complexity index is 1910. The smallest absolute Gasteiger partial charge is 0.319 e. The average molecular weight is 675 g/mol. The zero-order valence-corrected chi connectivity index (χ0v) is 27.4. The van der Waals surface area contributed by atoms with Crippen LogP contribution >= 0.6 is 0 Å². The van der Waals surface area contributed by atoms with E-state index in [0.29, 0.717) is 22.4 Å². The summed E-state index contributed by atoms with van der Waals surface area (Å²) in [5.74, 6) is -5.99. The van der Waals surface area contributed by atoms with Gasteiger partial charge in [-0.15, -0.1) is 0 Å². The Morgan fingerprint density at radius 1 is 1.12 bits per heavy atom. The largest absolute Gasteiger partial charge is 0.509 e. The molecule has 258 valence electrons. The summed E-state index contributed by atoms with van der Waals surface area (Å²) in [6.07, 6.45) is -0.736. The third-order valence-corrected chi connectivity index (χ3v) is 9.59. The number of ketones is 2. The number of aliphatic hydroxyl groups is 2. The van der Waals surface area contributed by atoms with Crippen LogP contribution in [-0.4, -0.2) is 95.1 Å². The van der Waals surface area contributed by atoms with Crippen molar-refractivity contribution in [2.75, 3.05) is 34.4 Å². The van der Waals surface area contributed by atoms with Gasteiger partial charge in [0.1, 0.15) is 28.6 Å². The summed E-state index contributed by atoms with van der Waals surface area (Å²) >= 11 is 0. The van der Waals surface area contributed by atoms with Crippen LogP contribution in [0.1, 0.15) is 30.0 Å². The highest BCUT2D eigenvalue weighted by Crippen LogP contribution is 2.59. The van der Waals surface area contributed by atoms with Gasteiger partial charge < -0.3 is 47.3 Å². The number of nitriles is 1. The molecule has 0 aliphatic heterocycles. The van der Waals surface area contributed by atoms with Gasteiger partial charge in [-0.25, -0.2) is 0 Å². The van der Waals surface area contributed by atoms with E-state index in [2.05, 4.69) is 5.32 Å². The third-order valence-electron chi connectivity index (χ3n) is 9.59. The molecule has 3 aliphatic carbocycles. The van der Waals surface area contributed by atoms with Crippen LogP contribution in [-0.2, 0) is 36.9 Å². The molecule has 0 spiro atoms. The minimum Gasteiger partial charge on any atom is -0.509 e. The maximum absolute atomic E-state index is 14.6. The summed E-state index contributed by atoms with van der Waals surface area (Å²) in [4.78, 5) is 53.8. The van der Waals surface area contributed by atoms with Crippen molar-refractivity contribution in [1.82, 2.24) is 10.2 Å². The van der Waals surface area contributed by atoms with E-state index < -0.39 is 80.8 Å². The van der Waals surface area contributed by atoms with Crippen LogP contribution in [0.25, 0.3) is 16.9 Å². The van der Waals surface area contributed by atoms with E-state index in [1.54, 1.807) is 37.3 Å². The van der Waals surface area contributed by atoms with Gasteiger partial charge in [-0.1, -0.05) is 12.1 Å². The normalized spacial score (nSPS) is 26.1. The Labute approximate surface area is 281 Å². The molecular weight excluding hydrogens is 636 g/mol. The molecule has 5 rings (SSSR count). The predicted molar refractivity (Wildman–Crippen MR) is 175 cm³/mol. The summed E-state index contributed by atoms with van der Waals surface area (Å²) in [6, 6.07) is 8.42. The number of aliphatic hydroxyl groups excluding tert-OH is 2. The predicted octanol–water partition coefficient (Wildman–Crippen LogP) is 0.234. The standard InChI is InChI=1S/C34H38N6O9/c1-5-49-22(42)13-39-12-16-6-9-21(48-4)18(10-16)17-7-8-20(41)23-19(17)11-32(37)14-34(38)28(40(2)3)27(44)24(31(36)47)29(45)33(34,15-35)30(46)25(32)26(23)43/h6-10,28,39,41,43,45H,5,11-14,37-38H2,1-4H3,(H2,36,47)/t28-,32-,33+,34-/m1/s1. The molecule has 49 heavy (non-hydrogen) atoms. The molecule has 15 heteroatoms. The number of methoxy groups -OCH3 is 1. The number of amides is 1. The molecule has 0 bridgehead atoms. The number of nitrogens with zero attached hydrogens (tertiary/aromatic N) is 2. The number of nitrogens with one attached hydrogen (secondary N) is 1. The number of phenolic OH excluding ortho intramolecular Hbond substituents is 1. The number of phenols is 1. The van der Waals surface area contributed by atoms with Gasteiger partial charge in [0.25, 0.3) is 5.91 Å². The minimum absolute atomic E-state index is 0.0257. The number of hydrogen-bond acceptors (Lipinski definition) is 14. The number of likely N-dealkylation sites (N-methyl/N-ethyl adjacent to an activating group) is 1. The number of Topliss-reactive ketones (excluding diaryl/α,β-unsaturated/α-hetero) is 2.